The molecule has 0 aromatic carbocycles. The average Bonchev–Trinajstić information content (AvgIpc) is 2.94. The number of rotatable bonds is 5. The molecular formula is C16H27N3O. The van der Waals surface area contributed by atoms with Crippen LogP contribution in [0.4, 0.5) is 0 Å². The van der Waals surface area contributed by atoms with Crippen molar-refractivity contribution in [2.45, 2.75) is 52.1 Å². The molecule has 1 atom stereocenters. The van der Waals surface area contributed by atoms with Gasteiger partial charge in [0.2, 0.25) is 0 Å². The van der Waals surface area contributed by atoms with Crippen LogP contribution in [0.5, 0.6) is 0 Å². The molecule has 1 unspecified atom stereocenters. The van der Waals surface area contributed by atoms with Crippen molar-refractivity contribution in [2.24, 2.45) is 0 Å². The van der Waals surface area contributed by atoms with E-state index in [1.54, 1.807) is 0 Å². The summed E-state index contributed by atoms with van der Waals surface area (Å²) >= 11 is 0. The summed E-state index contributed by atoms with van der Waals surface area (Å²) in [6.07, 6.45) is 5.69. The van der Waals surface area contributed by atoms with Gasteiger partial charge in [-0.05, 0) is 52.3 Å². The van der Waals surface area contributed by atoms with Gasteiger partial charge < -0.3 is 14.8 Å². The van der Waals surface area contributed by atoms with E-state index in [1.165, 1.54) is 19.3 Å². The standard InChI is InChI=1S/C16H27N3O/c1-4-18(12-14-8-5-6-10-17-14)16(20)15-9-7-11-19(15)13(2)3/h7,9,11,13-14,17H,4-6,8,10,12H2,1-3H3. The van der Waals surface area contributed by atoms with Gasteiger partial charge >= 0.3 is 0 Å². The predicted octanol–water partition coefficient (Wildman–Crippen LogP) is 2.67. The zero-order chi connectivity index (χ0) is 14.5. The first-order chi connectivity index (χ1) is 9.63. The van der Waals surface area contributed by atoms with E-state index < -0.39 is 0 Å². The summed E-state index contributed by atoms with van der Waals surface area (Å²) in [6.45, 7) is 8.94. The molecule has 1 aromatic heterocycles. The van der Waals surface area contributed by atoms with Crippen LogP contribution in [0.25, 0.3) is 0 Å². The van der Waals surface area contributed by atoms with Crippen molar-refractivity contribution >= 4 is 5.91 Å². The Balaban J connectivity index is 2.06. The number of nitrogens with zero attached hydrogens (tertiary/aromatic N) is 2. The fourth-order valence-corrected chi connectivity index (χ4v) is 2.89. The Morgan fingerprint density at radius 1 is 1.50 bits per heavy atom. The van der Waals surface area contributed by atoms with Crippen molar-refractivity contribution in [1.29, 1.82) is 0 Å². The van der Waals surface area contributed by atoms with E-state index in [0.29, 0.717) is 12.1 Å². The summed E-state index contributed by atoms with van der Waals surface area (Å²) in [5, 5.41) is 3.52. The molecular weight excluding hydrogens is 250 g/mol. The lowest BCUT2D eigenvalue weighted by molar-refractivity contribution is 0.0729. The highest BCUT2D eigenvalue weighted by molar-refractivity contribution is 5.92. The second-order valence-electron chi connectivity index (χ2n) is 5.89. The molecule has 2 rings (SSSR count). The number of hydrogen-bond donors (Lipinski definition) is 1. The molecule has 4 heteroatoms. The Hall–Kier alpha value is -1.29. The molecule has 1 aromatic rings. The normalized spacial score (nSPS) is 19.3. The summed E-state index contributed by atoms with van der Waals surface area (Å²) in [7, 11) is 0. The van der Waals surface area contributed by atoms with Crippen molar-refractivity contribution in [3.05, 3.63) is 24.0 Å². The van der Waals surface area contributed by atoms with Crippen LogP contribution < -0.4 is 5.32 Å². The highest BCUT2D eigenvalue weighted by Crippen LogP contribution is 2.15. The molecule has 2 heterocycles. The van der Waals surface area contributed by atoms with Gasteiger partial charge in [-0.3, -0.25) is 4.79 Å². The number of carbonyl (C=O) groups is 1. The molecule has 20 heavy (non-hydrogen) atoms. The van der Waals surface area contributed by atoms with Crippen molar-refractivity contribution in [2.75, 3.05) is 19.6 Å². The van der Waals surface area contributed by atoms with Crippen LogP contribution in [0.1, 0.15) is 56.6 Å². The van der Waals surface area contributed by atoms with Crippen LogP contribution in [0.3, 0.4) is 0 Å². The first-order valence-electron chi connectivity index (χ1n) is 7.83. The smallest absolute Gasteiger partial charge is 0.270 e. The summed E-state index contributed by atoms with van der Waals surface area (Å²) < 4.78 is 2.05. The van der Waals surface area contributed by atoms with E-state index in [4.69, 9.17) is 0 Å². The zero-order valence-corrected chi connectivity index (χ0v) is 12.9. The molecule has 0 bridgehead atoms. The van der Waals surface area contributed by atoms with Crippen LogP contribution >= 0.6 is 0 Å². The molecule has 112 valence electrons. The predicted molar refractivity (Wildman–Crippen MR) is 82.0 cm³/mol. The number of nitrogens with one attached hydrogen (secondary N) is 1. The topological polar surface area (TPSA) is 37.3 Å². The Kier molecular flexibility index (Phi) is 5.24. The molecule has 1 amide bonds. The highest BCUT2D eigenvalue weighted by Gasteiger charge is 2.22. The Morgan fingerprint density at radius 3 is 2.90 bits per heavy atom. The number of amides is 1. The molecule has 1 aliphatic heterocycles. The molecule has 0 radical (unpaired) electrons. The van der Waals surface area contributed by atoms with Crippen molar-refractivity contribution in [3.8, 4) is 0 Å². The fourth-order valence-electron chi connectivity index (χ4n) is 2.89. The molecule has 1 N–H and O–H groups in total. The lowest BCUT2D eigenvalue weighted by Crippen LogP contribution is -2.46. The number of aromatic nitrogens is 1. The minimum atomic E-state index is 0.151. The summed E-state index contributed by atoms with van der Waals surface area (Å²) in [5.74, 6) is 0.151. The maximum atomic E-state index is 12.7. The van der Waals surface area contributed by atoms with E-state index in [-0.39, 0.29) is 5.91 Å². The third kappa shape index (κ3) is 3.42. The van der Waals surface area contributed by atoms with E-state index in [0.717, 1.165) is 25.3 Å². The van der Waals surface area contributed by atoms with Gasteiger partial charge in [0.1, 0.15) is 5.69 Å². The molecule has 4 nitrogen and oxygen atoms in total. The van der Waals surface area contributed by atoms with Crippen molar-refractivity contribution < 1.29 is 4.79 Å². The largest absolute Gasteiger partial charge is 0.341 e. The second kappa shape index (κ2) is 6.93. The summed E-state index contributed by atoms with van der Waals surface area (Å²) in [5.41, 5.74) is 0.803. The average molecular weight is 277 g/mol. The van der Waals surface area contributed by atoms with Crippen molar-refractivity contribution in [1.82, 2.24) is 14.8 Å². The van der Waals surface area contributed by atoms with E-state index in [9.17, 15) is 4.79 Å². The lowest BCUT2D eigenvalue weighted by Gasteiger charge is -2.30. The third-order valence-electron chi connectivity index (χ3n) is 4.08. The van der Waals surface area contributed by atoms with Gasteiger partial charge in [0.25, 0.3) is 5.91 Å². The first-order valence-corrected chi connectivity index (χ1v) is 7.83. The van der Waals surface area contributed by atoms with Gasteiger partial charge in [-0.1, -0.05) is 6.42 Å². The van der Waals surface area contributed by atoms with Gasteiger partial charge in [-0.2, -0.15) is 0 Å². The van der Waals surface area contributed by atoms with Gasteiger partial charge in [0, 0.05) is 31.4 Å². The first kappa shape index (κ1) is 15.1. The quantitative estimate of drug-likeness (QED) is 0.898. The Morgan fingerprint density at radius 2 is 2.30 bits per heavy atom. The van der Waals surface area contributed by atoms with Crippen LogP contribution in [0.2, 0.25) is 0 Å². The fraction of sp³-hybridized carbons (Fsp3) is 0.688. The van der Waals surface area contributed by atoms with E-state index in [1.807, 2.05) is 23.2 Å². The van der Waals surface area contributed by atoms with Gasteiger partial charge in [0.15, 0.2) is 0 Å². The van der Waals surface area contributed by atoms with Crippen LogP contribution in [-0.4, -0.2) is 41.1 Å². The maximum Gasteiger partial charge on any atom is 0.270 e. The molecule has 1 aliphatic rings. The number of carbonyl (C=O) groups excluding carboxylic acids is 1. The minimum absolute atomic E-state index is 0.151. The highest BCUT2D eigenvalue weighted by atomic mass is 16.2. The van der Waals surface area contributed by atoms with Gasteiger partial charge in [-0.25, -0.2) is 0 Å². The van der Waals surface area contributed by atoms with Crippen LogP contribution in [0.15, 0.2) is 18.3 Å². The monoisotopic (exact) mass is 277 g/mol. The minimum Gasteiger partial charge on any atom is -0.341 e. The summed E-state index contributed by atoms with van der Waals surface area (Å²) in [6, 6.07) is 4.66. The van der Waals surface area contributed by atoms with E-state index >= 15 is 0 Å². The maximum absolute atomic E-state index is 12.7. The number of piperidine rings is 1. The molecule has 1 saturated heterocycles. The van der Waals surface area contributed by atoms with Crippen LogP contribution in [-0.2, 0) is 0 Å². The van der Waals surface area contributed by atoms with Gasteiger partial charge in [0.05, 0.1) is 0 Å². The SMILES string of the molecule is CCN(CC1CCCCN1)C(=O)c1cccn1C(C)C. The van der Waals surface area contributed by atoms with Crippen molar-refractivity contribution in [3.63, 3.8) is 0 Å². The van der Waals surface area contributed by atoms with Gasteiger partial charge in [-0.15, -0.1) is 0 Å². The van der Waals surface area contributed by atoms with E-state index in [2.05, 4.69) is 30.7 Å². The number of likely N-dealkylation sites (N-methyl/N-ethyl adjacent to an activating group) is 1. The zero-order valence-electron chi connectivity index (χ0n) is 12.9. The number of hydrogen-bond acceptors (Lipinski definition) is 2. The second-order valence-corrected chi connectivity index (χ2v) is 5.89. The third-order valence-corrected chi connectivity index (χ3v) is 4.08. The summed E-state index contributed by atoms with van der Waals surface area (Å²) in [4.78, 5) is 14.7. The van der Waals surface area contributed by atoms with Crippen LogP contribution in [0, 0.1) is 0 Å². The Labute approximate surface area is 122 Å². The molecule has 0 spiro atoms. The molecule has 0 saturated carbocycles. The Bertz CT molecular complexity index is 433. The molecule has 1 fully saturated rings. The molecule has 0 aliphatic carbocycles. The lowest BCUT2D eigenvalue weighted by atomic mass is 10.0.